The zero-order chi connectivity index (χ0) is 19.9. The van der Waals surface area contributed by atoms with Gasteiger partial charge in [0.2, 0.25) is 5.91 Å². The Bertz CT molecular complexity index is 960. The van der Waals surface area contributed by atoms with E-state index in [9.17, 15) is 4.79 Å². The molecule has 144 valence electrons. The van der Waals surface area contributed by atoms with E-state index in [2.05, 4.69) is 27.1 Å². The van der Waals surface area contributed by atoms with E-state index in [1.165, 1.54) is 11.8 Å². The van der Waals surface area contributed by atoms with Crippen molar-refractivity contribution in [2.45, 2.75) is 30.4 Å². The number of nitrogens with one attached hydrogen (secondary N) is 1. The van der Waals surface area contributed by atoms with Gasteiger partial charge in [-0.25, -0.2) is 0 Å². The van der Waals surface area contributed by atoms with Gasteiger partial charge in [0, 0.05) is 36.1 Å². The Morgan fingerprint density at radius 1 is 1.32 bits per heavy atom. The van der Waals surface area contributed by atoms with Gasteiger partial charge in [-0.2, -0.15) is 0 Å². The quantitative estimate of drug-likeness (QED) is 0.446. The van der Waals surface area contributed by atoms with Gasteiger partial charge < -0.3 is 5.32 Å². The summed E-state index contributed by atoms with van der Waals surface area (Å²) in [7, 11) is 0. The Balaban J connectivity index is 1.70. The molecule has 1 aromatic carbocycles. The molecule has 1 amide bonds. The molecule has 0 spiro atoms. The highest BCUT2D eigenvalue weighted by Gasteiger charge is 2.20. The van der Waals surface area contributed by atoms with E-state index in [-0.39, 0.29) is 11.2 Å². The zero-order valence-corrected chi connectivity index (χ0v) is 17.0. The Kier molecular flexibility index (Phi) is 6.84. The predicted octanol–water partition coefficient (Wildman–Crippen LogP) is 3.98. The first kappa shape index (κ1) is 20.1. The van der Waals surface area contributed by atoms with Gasteiger partial charge in [0.1, 0.15) is 0 Å². The summed E-state index contributed by atoms with van der Waals surface area (Å²) in [6.45, 7) is 6.55. The van der Waals surface area contributed by atoms with Crippen LogP contribution in [0.4, 0.5) is 0 Å². The lowest BCUT2D eigenvalue weighted by atomic mass is 10.2. The number of aromatic nitrogens is 4. The first-order valence-electron chi connectivity index (χ1n) is 8.72. The van der Waals surface area contributed by atoms with Crippen LogP contribution in [0.2, 0.25) is 5.02 Å². The minimum absolute atomic E-state index is 0.0963. The lowest BCUT2D eigenvalue weighted by molar-refractivity contribution is -0.120. The number of carbonyl (C=O) groups excluding carboxylic acids is 1. The van der Waals surface area contributed by atoms with E-state index in [0.717, 1.165) is 11.1 Å². The fraction of sp³-hybridized carbons (Fsp3) is 0.200. The van der Waals surface area contributed by atoms with Crippen LogP contribution in [0, 0.1) is 0 Å². The molecule has 0 fully saturated rings. The molecule has 28 heavy (non-hydrogen) atoms. The Morgan fingerprint density at radius 3 is 2.86 bits per heavy atom. The van der Waals surface area contributed by atoms with Crippen molar-refractivity contribution in [2.24, 2.45) is 0 Å². The second kappa shape index (κ2) is 9.52. The van der Waals surface area contributed by atoms with Crippen LogP contribution in [0.15, 0.2) is 66.6 Å². The molecule has 2 aromatic heterocycles. The van der Waals surface area contributed by atoms with E-state index >= 15 is 0 Å². The summed E-state index contributed by atoms with van der Waals surface area (Å²) in [6.07, 6.45) is 5.21. The normalized spacial score (nSPS) is 11.8. The maximum absolute atomic E-state index is 12.5. The number of hydrogen-bond donors (Lipinski definition) is 1. The van der Waals surface area contributed by atoms with Crippen LogP contribution in [0.1, 0.15) is 12.5 Å². The monoisotopic (exact) mass is 413 g/mol. The van der Waals surface area contributed by atoms with Gasteiger partial charge >= 0.3 is 0 Å². The van der Waals surface area contributed by atoms with Gasteiger partial charge in [0.05, 0.1) is 5.25 Å². The summed E-state index contributed by atoms with van der Waals surface area (Å²) in [5, 5.41) is 12.4. The number of hydrogen-bond acceptors (Lipinski definition) is 5. The first-order valence-corrected chi connectivity index (χ1v) is 9.98. The Morgan fingerprint density at radius 2 is 2.14 bits per heavy atom. The van der Waals surface area contributed by atoms with Crippen molar-refractivity contribution < 1.29 is 4.79 Å². The van der Waals surface area contributed by atoms with Crippen LogP contribution in [0.5, 0.6) is 0 Å². The number of amides is 1. The summed E-state index contributed by atoms with van der Waals surface area (Å²) in [4.78, 5) is 16.6. The summed E-state index contributed by atoms with van der Waals surface area (Å²) < 4.78 is 1.92. The molecule has 0 aliphatic rings. The summed E-state index contributed by atoms with van der Waals surface area (Å²) >= 11 is 7.49. The number of allylic oxidation sites excluding steroid dienone is 1. The first-order chi connectivity index (χ1) is 13.6. The van der Waals surface area contributed by atoms with Crippen molar-refractivity contribution in [3.05, 3.63) is 72.0 Å². The van der Waals surface area contributed by atoms with Crippen molar-refractivity contribution in [2.75, 3.05) is 0 Å². The van der Waals surface area contributed by atoms with Gasteiger partial charge in [-0.15, -0.1) is 16.8 Å². The molecule has 6 nitrogen and oxygen atoms in total. The molecule has 3 aromatic rings. The third-order valence-electron chi connectivity index (χ3n) is 4.01. The molecule has 0 bridgehead atoms. The van der Waals surface area contributed by atoms with E-state index in [4.69, 9.17) is 11.6 Å². The van der Waals surface area contributed by atoms with Crippen LogP contribution < -0.4 is 5.32 Å². The smallest absolute Gasteiger partial charge is 0.233 e. The highest BCUT2D eigenvalue weighted by atomic mass is 35.5. The second-order valence-corrected chi connectivity index (χ2v) is 7.73. The number of nitrogens with zero attached hydrogens (tertiary/aromatic N) is 4. The van der Waals surface area contributed by atoms with Crippen molar-refractivity contribution in [3.8, 4) is 11.4 Å². The van der Waals surface area contributed by atoms with E-state index in [1.807, 2.05) is 41.8 Å². The summed E-state index contributed by atoms with van der Waals surface area (Å²) in [5.41, 5.74) is 1.74. The van der Waals surface area contributed by atoms with E-state index in [0.29, 0.717) is 29.1 Å². The highest BCUT2D eigenvalue weighted by Crippen LogP contribution is 2.26. The topological polar surface area (TPSA) is 72.7 Å². The van der Waals surface area contributed by atoms with E-state index in [1.54, 1.807) is 24.5 Å². The summed E-state index contributed by atoms with van der Waals surface area (Å²) in [6, 6.07) is 11.2. The molecular weight excluding hydrogens is 394 g/mol. The molecule has 3 rings (SSSR count). The fourth-order valence-electron chi connectivity index (χ4n) is 2.56. The minimum Gasteiger partial charge on any atom is -0.351 e. The number of carbonyl (C=O) groups is 1. The number of rotatable bonds is 8. The maximum Gasteiger partial charge on any atom is 0.233 e. The van der Waals surface area contributed by atoms with E-state index < -0.39 is 0 Å². The fourth-order valence-corrected chi connectivity index (χ4v) is 3.64. The van der Waals surface area contributed by atoms with Crippen molar-refractivity contribution >= 4 is 29.3 Å². The molecule has 0 aliphatic heterocycles. The summed E-state index contributed by atoms with van der Waals surface area (Å²) in [5.74, 6) is 0.597. The highest BCUT2D eigenvalue weighted by molar-refractivity contribution is 8.00. The van der Waals surface area contributed by atoms with Crippen LogP contribution in [0.25, 0.3) is 11.4 Å². The van der Waals surface area contributed by atoms with Gasteiger partial charge in [0.15, 0.2) is 11.0 Å². The molecule has 0 unspecified atom stereocenters. The lowest BCUT2D eigenvalue weighted by Crippen LogP contribution is -2.30. The molecule has 0 aliphatic carbocycles. The molecule has 1 atom stereocenters. The SMILES string of the molecule is C=CCn1c(S[C@@H](C)C(=O)NCc2ccccc2Cl)nnc1-c1cccnc1. The van der Waals surface area contributed by atoms with Crippen LogP contribution >= 0.6 is 23.4 Å². The number of halogens is 1. The van der Waals surface area contributed by atoms with Crippen molar-refractivity contribution in [1.82, 2.24) is 25.1 Å². The Labute approximate surface area is 173 Å². The van der Waals surface area contributed by atoms with Gasteiger partial charge in [-0.3, -0.25) is 14.3 Å². The molecule has 0 radical (unpaired) electrons. The molecule has 1 N–H and O–H groups in total. The van der Waals surface area contributed by atoms with Crippen LogP contribution in [-0.4, -0.2) is 30.9 Å². The minimum atomic E-state index is -0.350. The predicted molar refractivity (Wildman–Crippen MR) is 112 cm³/mol. The number of pyridine rings is 1. The van der Waals surface area contributed by atoms with Crippen molar-refractivity contribution in [1.29, 1.82) is 0 Å². The Hall–Kier alpha value is -2.64. The average Bonchev–Trinajstić information content (AvgIpc) is 3.10. The third kappa shape index (κ3) is 4.79. The second-order valence-electron chi connectivity index (χ2n) is 6.02. The standard InChI is InChI=1S/C20H20ClN5OS/c1-3-11-26-18(16-8-6-10-22-12-16)24-25-20(26)28-14(2)19(27)23-13-15-7-4-5-9-17(15)21/h3-10,12,14H,1,11,13H2,2H3,(H,23,27)/t14-/m0/s1. The van der Waals surface area contributed by atoms with Gasteiger partial charge in [-0.1, -0.05) is 47.6 Å². The van der Waals surface area contributed by atoms with Gasteiger partial charge in [0.25, 0.3) is 0 Å². The molecule has 0 saturated carbocycles. The third-order valence-corrected chi connectivity index (χ3v) is 5.46. The van der Waals surface area contributed by atoms with Crippen LogP contribution in [-0.2, 0) is 17.9 Å². The lowest BCUT2D eigenvalue weighted by Gasteiger charge is -2.13. The van der Waals surface area contributed by atoms with Crippen LogP contribution in [0.3, 0.4) is 0 Å². The molecule has 0 saturated heterocycles. The van der Waals surface area contributed by atoms with Gasteiger partial charge in [-0.05, 0) is 30.7 Å². The zero-order valence-electron chi connectivity index (χ0n) is 15.4. The maximum atomic E-state index is 12.5. The molecule has 8 heteroatoms. The molecule has 2 heterocycles. The molecular formula is C20H20ClN5OS. The number of benzene rings is 1. The number of thioether (sulfide) groups is 1. The average molecular weight is 414 g/mol. The van der Waals surface area contributed by atoms with Crippen molar-refractivity contribution in [3.63, 3.8) is 0 Å². The largest absolute Gasteiger partial charge is 0.351 e.